The van der Waals surface area contributed by atoms with Gasteiger partial charge in [0.2, 0.25) is 0 Å². The summed E-state index contributed by atoms with van der Waals surface area (Å²) >= 11 is 3.52. The minimum Gasteiger partial charge on any atom is -0.309 e. The fraction of sp³-hybridized carbons (Fsp3) is 0. The first-order valence-corrected chi connectivity index (χ1v) is 19.1. The minimum atomic E-state index is 0.634. The van der Waals surface area contributed by atoms with Gasteiger partial charge >= 0.3 is 0 Å². The molecule has 0 atom stereocenters. The van der Waals surface area contributed by atoms with Crippen molar-refractivity contribution in [3.63, 3.8) is 0 Å². The maximum Gasteiger partial charge on any atom is 0.164 e. The van der Waals surface area contributed by atoms with Gasteiger partial charge in [0.15, 0.2) is 17.5 Å². The van der Waals surface area contributed by atoms with E-state index in [-0.39, 0.29) is 0 Å². The monoisotopic (exact) mass is 713 g/mol. The number of thiazole rings is 1. The summed E-state index contributed by atoms with van der Waals surface area (Å²) in [5.41, 5.74) is 8.42. The van der Waals surface area contributed by atoms with Gasteiger partial charge < -0.3 is 4.57 Å². The summed E-state index contributed by atoms with van der Waals surface area (Å²) in [6.45, 7) is 0. The molecular weight excluding hydrogens is 687 g/mol. The molecule has 0 saturated carbocycles. The van der Waals surface area contributed by atoms with E-state index in [0.717, 1.165) is 60.3 Å². The van der Waals surface area contributed by atoms with Crippen LogP contribution in [-0.4, -0.2) is 24.5 Å². The van der Waals surface area contributed by atoms with Crippen molar-refractivity contribution in [2.75, 3.05) is 0 Å². The van der Waals surface area contributed by atoms with Crippen molar-refractivity contribution in [3.05, 3.63) is 164 Å². The van der Waals surface area contributed by atoms with Crippen molar-refractivity contribution in [2.45, 2.75) is 0 Å². The van der Waals surface area contributed by atoms with Crippen LogP contribution in [0, 0.1) is 0 Å². The molecule has 11 aromatic rings. The molecule has 0 saturated heterocycles. The largest absolute Gasteiger partial charge is 0.309 e. The topological polar surface area (TPSA) is 56.5 Å². The molecule has 53 heavy (non-hydrogen) atoms. The highest BCUT2D eigenvalue weighted by Crippen LogP contribution is 2.45. The Kier molecular flexibility index (Phi) is 6.83. The zero-order chi connectivity index (χ0) is 34.9. The van der Waals surface area contributed by atoms with Crippen LogP contribution in [0.2, 0.25) is 0 Å². The van der Waals surface area contributed by atoms with Crippen molar-refractivity contribution >= 4 is 74.9 Å². The lowest BCUT2D eigenvalue weighted by atomic mass is 10.0. The zero-order valence-electron chi connectivity index (χ0n) is 28.1. The lowest BCUT2D eigenvalue weighted by Gasteiger charge is -2.11. The SMILES string of the molecule is c1ccc(-c2nc(-c3ccc4c(c3)c3ccccc3n4-c3ccccc3)nc(-c3cccc4sc5cccc(-c6nc7ccccc7s6)c5c34)n2)cc1. The molecule has 0 amide bonds. The van der Waals surface area contributed by atoms with Crippen molar-refractivity contribution in [1.29, 1.82) is 0 Å². The molecule has 0 fully saturated rings. The van der Waals surface area contributed by atoms with Gasteiger partial charge in [0.1, 0.15) is 5.01 Å². The normalized spacial score (nSPS) is 11.8. The van der Waals surface area contributed by atoms with Gasteiger partial charge in [-0.3, -0.25) is 0 Å². The first-order chi connectivity index (χ1) is 26.3. The highest BCUT2D eigenvalue weighted by atomic mass is 32.1. The second-order valence-electron chi connectivity index (χ2n) is 13.0. The molecule has 0 bridgehead atoms. The third-order valence-corrected chi connectivity index (χ3v) is 12.1. The van der Waals surface area contributed by atoms with Crippen LogP contribution < -0.4 is 0 Å². The van der Waals surface area contributed by atoms with E-state index in [9.17, 15) is 0 Å². The molecule has 4 aromatic heterocycles. The molecule has 7 aromatic carbocycles. The molecule has 0 radical (unpaired) electrons. The van der Waals surface area contributed by atoms with Crippen molar-refractivity contribution in [3.8, 4) is 50.4 Å². The standard InChI is InChI=1S/C46H27N5S2/c1-3-13-28(14-4-1)43-48-44(29-25-26-37-34(27-29)31-17-7-9-21-36(31)51(37)30-15-5-2-6-16-30)50-45(49-43)32-18-11-23-39-41(32)42-33(19-12-24-40(42)52-39)46-47-35-20-8-10-22-38(35)53-46/h1-27H. The van der Waals surface area contributed by atoms with Crippen LogP contribution in [0.3, 0.4) is 0 Å². The smallest absolute Gasteiger partial charge is 0.164 e. The number of benzene rings is 7. The van der Waals surface area contributed by atoms with Crippen LogP contribution in [0.15, 0.2) is 164 Å². The Morgan fingerprint density at radius 1 is 0.396 bits per heavy atom. The molecule has 0 aliphatic heterocycles. The quantitative estimate of drug-likeness (QED) is 0.178. The average Bonchev–Trinajstić information content (AvgIpc) is 3.93. The van der Waals surface area contributed by atoms with Gasteiger partial charge in [0.05, 0.1) is 21.3 Å². The molecule has 5 nitrogen and oxygen atoms in total. The van der Waals surface area contributed by atoms with E-state index in [4.69, 9.17) is 19.9 Å². The summed E-state index contributed by atoms with van der Waals surface area (Å²) in [6, 6.07) is 57.2. The number of hydrogen-bond donors (Lipinski definition) is 0. The van der Waals surface area contributed by atoms with Crippen LogP contribution in [-0.2, 0) is 0 Å². The first-order valence-electron chi connectivity index (χ1n) is 17.5. The number of thiophene rings is 1. The molecule has 248 valence electrons. The van der Waals surface area contributed by atoms with Crippen molar-refractivity contribution < 1.29 is 0 Å². The summed E-state index contributed by atoms with van der Waals surface area (Å²) in [5.74, 6) is 1.92. The highest BCUT2D eigenvalue weighted by Gasteiger charge is 2.21. The van der Waals surface area contributed by atoms with E-state index >= 15 is 0 Å². The van der Waals surface area contributed by atoms with Gasteiger partial charge in [-0.25, -0.2) is 19.9 Å². The van der Waals surface area contributed by atoms with E-state index < -0.39 is 0 Å². The Morgan fingerprint density at radius 2 is 1.02 bits per heavy atom. The van der Waals surface area contributed by atoms with Gasteiger partial charge in [-0.15, -0.1) is 22.7 Å². The lowest BCUT2D eigenvalue weighted by Crippen LogP contribution is -2.00. The maximum atomic E-state index is 5.29. The zero-order valence-corrected chi connectivity index (χ0v) is 29.8. The molecule has 0 N–H and O–H groups in total. The van der Waals surface area contributed by atoms with Crippen LogP contribution in [0.1, 0.15) is 0 Å². The number of aromatic nitrogens is 5. The first kappa shape index (κ1) is 30.1. The molecular formula is C46H27N5S2. The van der Waals surface area contributed by atoms with E-state index in [0.29, 0.717) is 17.5 Å². The van der Waals surface area contributed by atoms with E-state index in [1.165, 1.54) is 24.9 Å². The summed E-state index contributed by atoms with van der Waals surface area (Å²) in [6.07, 6.45) is 0. The molecule has 7 heteroatoms. The third-order valence-electron chi connectivity index (χ3n) is 9.90. The summed E-state index contributed by atoms with van der Waals surface area (Å²) in [7, 11) is 0. The Morgan fingerprint density at radius 3 is 1.83 bits per heavy atom. The average molecular weight is 714 g/mol. The summed E-state index contributed by atoms with van der Waals surface area (Å²) in [4.78, 5) is 20.7. The number of hydrogen-bond acceptors (Lipinski definition) is 6. The molecule has 0 spiro atoms. The van der Waals surface area contributed by atoms with Crippen LogP contribution >= 0.6 is 22.7 Å². The van der Waals surface area contributed by atoms with E-state index in [1.807, 2.05) is 24.3 Å². The third kappa shape index (κ3) is 4.89. The predicted molar refractivity (Wildman–Crippen MR) is 222 cm³/mol. The van der Waals surface area contributed by atoms with Gasteiger partial charge in [-0.2, -0.15) is 0 Å². The molecule has 0 aliphatic rings. The molecule has 4 heterocycles. The van der Waals surface area contributed by atoms with Gasteiger partial charge in [0, 0.05) is 58.9 Å². The fourth-order valence-corrected chi connectivity index (χ4v) is 9.68. The number of fused-ring (bicyclic) bond motifs is 7. The number of nitrogens with zero attached hydrogens (tertiary/aromatic N) is 5. The fourth-order valence-electron chi connectivity index (χ4n) is 7.53. The Labute approximate surface area is 312 Å². The summed E-state index contributed by atoms with van der Waals surface area (Å²) in [5, 5.41) is 5.66. The number of rotatable bonds is 5. The van der Waals surface area contributed by atoms with Gasteiger partial charge in [-0.05, 0) is 60.7 Å². The second kappa shape index (κ2) is 12.0. The second-order valence-corrected chi connectivity index (χ2v) is 15.2. The maximum absolute atomic E-state index is 5.29. The van der Waals surface area contributed by atoms with Crippen LogP contribution in [0.4, 0.5) is 0 Å². The van der Waals surface area contributed by atoms with Crippen LogP contribution in [0.25, 0.3) is 103 Å². The minimum absolute atomic E-state index is 0.634. The Balaban J connectivity index is 1.15. The Bertz CT molecular complexity index is 3150. The van der Waals surface area contributed by atoms with Crippen LogP contribution in [0.5, 0.6) is 0 Å². The molecule has 0 unspecified atom stereocenters. The summed E-state index contributed by atoms with van der Waals surface area (Å²) < 4.78 is 5.90. The number of para-hydroxylation sites is 3. The predicted octanol–water partition coefficient (Wildman–Crippen LogP) is 12.6. The lowest BCUT2D eigenvalue weighted by molar-refractivity contribution is 1.08. The Hall–Kier alpha value is -6.54. The van der Waals surface area contributed by atoms with Gasteiger partial charge in [0.25, 0.3) is 0 Å². The highest BCUT2D eigenvalue weighted by molar-refractivity contribution is 7.26. The van der Waals surface area contributed by atoms with E-state index in [2.05, 4.69) is 144 Å². The molecule has 11 rings (SSSR count). The van der Waals surface area contributed by atoms with Crippen molar-refractivity contribution in [2.24, 2.45) is 0 Å². The van der Waals surface area contributed by atoms with E-state index in [1.54, 1.807) is 22.7 Å². The van der Waals surface area contributed by atoms with Gasteiger partial charge in [-0.1, -0.05) is 103 Å². The van der Waals surface area contributed by atoms with Crippen molar-refractivity contribution in [1.82, 2.24) is 24.5 Å². The molecule has 0 aliphatic carbocycles.